The second-order valence-electron chi connectivity index (χ2n) is 10.3. The fraction of sp³-hybridized carbons (Fsp3) is 0.818. The average molecular weight is 376 g/mol. The van der Waals surface area contributed by atoms with Gasteiger partial charge >= 0.3 is 11.9 Å². The predicted molar refractivity (Wildman–Crippen MR) is 99.3 cm³/mol. The maximum Gasteiger partial charge on any atom is 0.333 e. The number of esters is 2. The second-order valence-corrected chi connectivity index (χ2v) is 10.3. The number of aliphatic hydroxyl groups is 1. The number of ether oxygens (including phenoxy) is 2. The van der Waals surface area contributed by atoms with Gasteiger partial charge in [0.1, 0.15) is 6.10 Å². The van der Waals surface area contributed by atoms with Crippen LogP contribution >= 0.6 is 0 Å². The molecule has 0 aromatic carbocycles. The van der Waals surface area contributed by atoms with E-state index in [0.29, 0.717) is 12.0 Å². The van der Waals surface area contributed by atoms with Crippen molar-refractivity contribution in [3.05, 3.63) is 11.6 Å². The molecule has 5 heteroatoms. The van der Waals surface area contributed by atoms with Crippen LogP contribution in [0.2, 0.25) is 0 Å². The van der Waals surface area contributed by atoms with Crippen LogP contribution in [0.1, 0.15) is 66.7 Å². The number of rotatable bonds is 1. The van der Waals surface area contributed by atoms with Crippen LogP contribution < -0.4 is 0 Å². The largest absolute Gasteiger partial charge is 0.462 e. The summed E-state index contributed by atoms with van der Waals surface area (Å²) < 4.78 is 11.3. The molecule has 0 bridgehead atoms. The summed E-state index contributed by atoms with van der Waals surface area (Å²) in [5.41, 5.74) is 0.703. The van der Waals surface area contributed by atoms with Gasteiger partial charge in [0.05, 0.1) is 0 Å². The summed E-state index contributed by atoms with van der Waals surface area (Å²) in [5, 5.41) is 11.1. The molecular formula is C22H32O5. The fourth-order valence-electron chi connectivity index (χ4n) is 7.47. The van der Waals surface area contributed by atoms with Crippen molar-refractivity contribution in [1.29, 1.82) is 0 Å². The van der Waals surface area contributed by atoms with E-state index in [1.165, 1.54) is 13.0 Å². The minimum atomic E-state index is -1.46. The third-order valence-corrected chi connectivity index (χ3v) is 8.27. The van der Waals surface area contributed by atoms with E-state index in [4.69, 9.17) is 9.47 Å². The molecular weight excluding hydrogens is 344 g/mol. The minimum Gasteiger partial charge on any atom is -0.462 e. The molecule has 7 unspecified atom stereocenters. The Hall–Kier alpha value is -1.36. The first kappa shape index (κ1) is 19.0. The lowest BCUT2D eigenvalue weighted by Gasteiger charge is -2.64. The molecule has 0 spiro atoms. The van der Waals surface area contributed by atoms with Crippen molar-refractivity contribution in [3.63, 3.8) is 0 Å². The van der Waals surface area contributed by atoms with E-state index < -0.39 is 11.8 Å². The molecule has 0 aromatic rings. The molecule has 27 heavy (non-hydrogen) atoms. The standard InChI is InChI=1S/C22H32O5/c1-12-14-9-17(26-13(2)23)19-20(3,4)7-6-8-21(19,5)16(14)11-22(25)15(12)10-18(24)27-22/h10,12,14,16-17,19,25H,6-9,11H2,1-5H3. The second kappa shape index (κ2) is 5.82. The Morgan fingerprint density at radius 2 is 2.00 bits per heavy atom. The fourth-order valence-corrected chi connectivity index (χ4v) is 7.47. The minimum absolute atomic E-state index is 0.0288. The van der Waals surface area contributed by atoms with E-state index in [9.17, 15) is 14.7 Å². The number of carbonyl (C=O) groups excluding carboxylic acids is 2. The van der Waals surface area contributed by atoms with E-state index in [0.717, 1.165) is 25.7 Å². The molecule has 1 heterocycles. The monoisotopic (exact) mass is 376 g/mol. The van der Waals surface area contributed by atoms with Gasteiger partial charge in [-0.1, -0.05) is 34.1 Å². The Kier molecular flexibility index (Phi) is 4.09. The quantitative estimate of drug-likeness (QED) is 0.708. The summed E-state index contributed by atoms with van der Waals surface area (Å²) in [6.07, 6.45) is 5.90. The molecule has 3 aliphatic carbocycles. The van der Waals surface area contributed by atoms with Crippen molar-refractivity contribution in [1.82, 2.24) is 0 Å². The first-order valence-corrected chi connectivity index (χ1v) is 10.3. The zero-order valence-electron chi connectivity index (χ0n) is 17.1. The molecule has 7 atom stereocenters. The third-order valence-electron chi connectivity index (χ3n) is 8.27. The molecule has 4 aliphatic rings. The van der Waals surface area contributed by atoms with Gasteiger partial charge < -0.3 is 14.6 Å². The van der Waals surface area contributed by atoms with Gasteiger partial charge in [-0.25, -0.2) is 4.79 Å². The highest BCUT2D eigenvalue weighted by Gasteiger charge is 2.65. The van der Waals surface area contributed by atoms with Crippen molar-refractivity contribution in [2.45, 2.75) is 78.6 Å². The molecule has 150 valence electrons. The van der Waals surface area contributed by atoms with Gasteiger partial charge in [-0.3, -0.25) is 4.79 Å². The smallest absolute Gasteiger partial charge is 0.333 e. The zero-order valence-corrected chi connectivity index (χ0v) is 17.1. The molecule has 3 saturated carbocycles. The van der Waals surface area contributed by atoms with Crippen molar-refractivity contribution in [3.8, 4) is 0 Å². The van der Waals surface area contributed by atoms with Crippen LogP contribution in [0.25, 0.3) is 0 Å². The van der Waals surface area contributed by atoms with Gasteiger partial charge in [-0.05, 0) is 47.8 Å². The normalized spacial score (nSPS) is 47.9. The van der Waals surface area contributed by atoms with Crippen LogP contribution in [0.4, 0.5) is 0 Å². The summed E-state index contributed by atoms with van der Waals surface area (Å²) in [7, 11) is 0. The van der Waals surface area contributed by atoms with Crippen LogP contribution in [-0.2, 0) is 19.1 Å². The maximum atomic E-state index is 11.9. The van der Waals surface area contributed by atoms with Crippen molar-refractivity contribution >= 4 is 11.9 Å². The van der Waals surface area contributed by atoms with E-state index >= 15 is 0 Å². The maximum absolute atomic E-state index is 11.9. The Balaban J connectivity index is 1.79. The summed E-state index contributed by atoms with van der Waals surface area (Å²) in [6, 6.07) is 0. The van der Waals surface area contributed by atoms with E-state index in [-0.39, 0.29) is 46.6 Å². The van der Waals surface area contributed by atoms with Crippen LogP contribution in [-0.4, -0.2) is 28.9 Å². The van der Waals surface area contributed by atoms with Crippen molar-refractivity contribution in [2.24, 2.45) is 34.5 Å². The van der Waals surface area contributed by atoms with Gasteiger partial charge in [0.15, 0.2) is 0 Å². The molecule has 5 nitrogen and oxygen atoms in total. The third kappa shape index (κ3) is 2.68. The number of hydrogen-bond acceptors (Lipinski definition) is 5. The molecule has 0 radical (unpaired) electrons. The van der Waals surface area contributed by atoms with Crippen LogP contribution in [0.15, 0.2) is 11.6 Å². The first-order valence-electron chi connectivity index (χ1n) is 10.3. The first-order chi connectivity index (χ1) is 12.5. The van der Waals surface area contributed by atoms with Gasteiger partial charge in [-0.15, -0.1) is 0 Å². The highest BCUT2D eigenvalue weighted by Crippen LogP contribution is 2.67. The lowest BCUT2D eigenvalue weighted by Crippen LogP contribution is -2.62. The lowest BCUT2D eigenvalue weighted by atomic mass is 9.42. The van der Waals surface area contributed by atoms with E-state index in [1.54, 1.807) is 0 Å². The van der Waals surface area contributed by atoms with Crippen LogP contribution in [0.5, 0.6) is 0 Å². The van der Waals surface area contributed by atoms with Gasteiger partial charge in [-0.2, -0.15) is 0 Å². The summed E-state index contributed by atoms with van der Waals surface area (Å²) in [5.74, 6) is -1.35. The number of fused-ring (bicyclic) bond motifs is 4. The van der Waals surface area contributed by atoms with Gasteiger partial charge in [0, 0.05) is 30.9 Å². The molecule has 3 fully saturated rings. The molecule has 0 aromatic heterocycles. The Bertz CT molecular complexity index is 709. The van der Waals surface area contributed by atoms with Crippen molar-refractivity contribution in [2.75, 3.05) is 0 Å². The number of carbonyl (C=O) groups is 2. The summed E-state index contributed by atoms with van der Waals surface area (Å²) in [6.45, 7) is 10.5. The topological polar surface area (TPSA) is 72.8 Å². The Morgan fingerprint density at radius 3 is 2.67 bits per heavy atom. The van der Waals surface area contributed by atoms with E-state index in [1.807, 2.05) is 0 Å². The van der Waals surface area contributed by atoms with Gasteiger partial charge in [0.2, 0.25) is 5.79 Å². The SMILES string of the molecule is CC(=O)OC1CC2C(C)C3=CC(=O)OC3(O)CC2C2(C)CCCC(C)(C)C12. The molecule has 1 N–H and O–H groups in total. The van der Waals surface area contributed by atoms with Crippen LogP contribution in [0, 0.1) is 34.5 Å². The van der Waals surface area contributed by atoms with E-state index in [2.05, 4.69) is 27.7 Å². The van der Waals surface area contributed by atoms with Crippen LogP contribution in [0.3, 0.4) is 0 Å². The number of hydrogen-bond donors (Lipinski definition) is 1. The van der Waals surface area contributed by atoms with Gasteiger partial charge in [0.25, 0.3) is 0 Å². The predicted octanol–water partition coefficient (Wildman–Crippen LogP) is 3.60. The summed E-state index contributed by atoms with van der Waals surface area (Å²) in [4.78, 5) is 23.8. The highest BCUT2D eigenvalue weighted by atomic mass is 16.7. The molecule has 1 aliphatic heterocycles. The molecule has 0 amide bonds. The molecule has 0 saturated heterocycles. The average Bonchev–Trinajstić information content (AvgIpc) is 2.82. The van der Waals surface area contributed by atoms with Crippen molar-refractivity contribution < 1.29 is 24.2 Å². The Morgan fingerprint density at radius 1 is 1.30 bits per heavy atom. The molecule has 4 rings (SSSR count). The Labute approximate surface area is 161 Å². The lowest BCUT2D eigenvalue weighted by molar-refractivity contribution is -0.239. The highest BCUT2D eigenvalue weighted by molar-refractivity contribution is 5.86. The summed E-state index contributed by atoms with van der Waals surface area (Å²) >= 11 is 0. The zero-order chi connectivity index (χ0) is 19.8.